The molecule has 1 aliphatic heterocycles. The Morgan fingerprint density at radius 2 is 2.33 bits per heavy atom. The van der Waals surface area contributed by atoms with Crippen LogP contribution in [-0.4, -0.2) is 30.1 Å². The number of azide groups is 1. The van der Waals surface area contributed by atoms with Gasteiger partial charge in [0.1, 0.15) is 5.82 Å². The molecule has 0 bridgehead atoms. The van der Waals surface area contributed by atoms with Crippen LogP contribution >= 0.6 is 15.9 Å². The number of hydrogen-bond acceptors (Lipinski definition) is 3. The predicted molar refractivity (Wildman–Crippen MR) is 75.5 cm³/mol. The minimum atomic E-state index is -1.32. The van der Waals surface area contributed by atoms with Crippen molar-refractivity contribution >= 4 is 33.5 Å². The Morgan fingerprint density at radius 1 is 1.62 bits per heavy atom. The van der Waals surface area contributed by atoms with Crippen molar-refractivity contribution in [1.82, 2.24) is 0 Å². The Balaban J connectivity index is 2.37. The molecule has 0 spiro atoms. The van der Waals surface area contributed by atoms with Gasteiger partial charge in [-0.25, -0.2) is 9.18 Å². The van der Waals surface area contributed by atoms with E-state index in [1.54, 1.807) is 0 Å². The first kappa shape index (κ1) is 15.3. The summed E-state index contributed by atoms with van der Waals surface area (Å²) >= 11 is 2.98. The van der Waals surface area contributed by atoms with E-state index in [1.165, 1.54) is 11.0 Å². The van der Waals surface area contributed by atoms with Crippen molar-refractivity contribution in [2.45, 2.75) is 6.42 Å². The zero-order valence-electron chi connectivity index (χ0n) is 10.7. The van der Waals surface area contributed by atoms with Gasteiger partial charge in [-0.2, -0.15) is 0 Å². The third-order valence-electron chi connectivity index (χ3n) is 3.17. The Labute approximate surface area is 127 Å². The topological polar surface area (TPSA) is 106 Å². The lowest BCUT2D eigenvalue weighted by molar-refractivity contribution is -0.117. The highest BCUT2D eigenvalue weighted by molar-refractivity contribution is 9.10. The fourth-order valence-electron chi connectivity index (χ4n) is 2.22. The molecule has 0 aromatic heterocycles. The zero-order chi connectivity index (χ0) is 15.6. The Kier molecular flexibility index (Phi) is 4.44. The molecule has 110 valence electrons. The zero-order valence-corrected chi connectivity index (χ0v) is 12.2. The molecule has 0 radical (unpaired) electrons. The first-order valence-corrected chi connectivity index (χ1v) is 6.77. The molecule has 9 heteroatoms. The van der Waals surface area contributed by atoms with Gasteiger partial charge in [0.15, 0.2) is 0 Å². The Bertz CT molecular complexity index is 660. The molecule has 7 nitrogen and oxygen atoms in total. The first-order valence-electron chi connectivity index (χ1n) is 5.97. The van der Waals surface area contributed by atoms with Crippen molar-refractivity contribution < 1.29 is 19.1 Å². The summed E-state index contributed by atoms with van der Waals surface area (Å²) in [5.41, 5.74) is 8.14. The molecule has 1 amide bonds. The van der Waals surface area contributed by atoms with Crippen LogP contribution in [-0.2, 0) is 4.79 Å². The highest BCUT2D eigenvalue weighted by Gasteiger charge is 2.32. The van der Waals surface area contributed by atoms with Gasteiger partial charge in [-0.15, -0.1) is 0 Å². The molecule has 1 saturated heterocycles. The summed E-state index contributed by atoms with van der Waals surface area (Å²) in [4.78, 5) is 27.1. The maximum absolute atomic E-state index is 13.5. The monoisotopic (exact) mass is 356 g/mol. The van der Waals surface area contributed by atoms with Gasteiger partial charge in [0.25, 0.3) is 0 Å². The molecule has 1 aromatic rings. The van der Waals surface area contributed by atoms with Gasteiger partial charge in [-0.3, -0.25) is 4.79 Å². The maximum Gasteiger partial charge on any atom is 0.337 e. The SMILES string of the molecule is [N-]=[N+]=NCC1CC(=O)N(c2cc(Br)c(F)cc2C(=O)O)C1. The summed E-state index contributed by atoms with van der Waals surface area (Å²) in [5.74, 6) is -2.50. The van der Waals surface area contributed by atoms with E-state index in [0.29, 0.717) is 0 Å². The van der Waals surface area contributed by atoms with Gasteiger partial charge in [-0.05, 0) is 39.5 Å². The number of carbonyl (C=O) groups is 2. The average molecular weight is 357 g/mol. The molecule has 1 N–H and O–H groups in total. The second kappa shape index (κ2) is 6.11. The van der Waals surface area contributed by atoms with E-state index in [1.807, 2.05) is 0 Å². The summed E-state index contributed by atoms with van der Waals surface area (Å²) in [5, 5.41) is 12.6. The maximum atomic E-state index is 13.5. The van der Waals surface area contributed by atoms with Crippen molar-refractivity contribution in [3.63, 3.8) is 0 Å². The minimum Gasteiger partial charge on any atom is -0.478 e. The second-order valence-electron chi connectivity index (χ2n) is 4.58. The van der Waals surface area contributed by atoms with Crippen LogP contribution in [0, 0.1) is 11.7 Å². The molecule has 21 heavy (non-hydrogen) atoms. The van der Waals surface area contributed by atoms with Crippen LogP contribution in [0.4, 0.5) is 10.1 Å². The molecule has 1 unspecified atom stereocenters. The smallest absolute Gasteiger partial charge is 0.337 e. The van der Waals surface area contributed by atoms with E-state index in [-0.39, 0.29) is 47.1 Å². The molecule has 2 rings (SSSR count). The van der Waals surface area contributed by atoms with Gasteiger partial charge >= 0.3 is 5.97 Å². The largest absolute Gasteiger partial charge is 0.478 e. The number of carbonyl (C=O) groups excluding carboxylic acids is 1. The van der Waals surface area contributed by atoms with Gasteiger partial charge < -0.3 is 10.0 Å². The predicted octanol–water partition coefficient (Wildman–Crippen LogP) is 2.95. The van der Waals surface area contributed by atoms with Crippen molar-refractivity contribution in [3.05, 3.63) is 38.4 Å². The van der Waals surface area contributed by atoms with E-state index in [9.17, 15) is 14.0 Å². The minimum absolute atomic E-state index is 0.0776. The second-order valence-corrected chi connectivity index (χ2v) is 5.43. The summed E-state index contributed by atoms with van der Waals surface area (Å²) < 4.78 is 13.6. The van der Waals surface area contributed by atoms with E-state index >= 15 is 0 Å². The van der Waals surface area contributed by atoms with Crippen LogP contribution in [0.1, 0.15) is 16.8 Å². The fraction of sp³-hybridized carbons (Fsp3) is 0.333. The number of hydrogen-bond donors (Lipinski definition) is 1. The highest BCUT2D eigenvalue weighted by Crippen LogP contribution is 2.32. The van der Waals surface area contributed by atoms with Crippen LogP contribution in [0.25, 0.3) is 10.4 Å². The lowest BCUT2D eigenvalue weighted by atomic mass is 10.1. The number of carboxylic acids is 1. The number of benzene rings is 1. The third kappa shape index (κ3) is 3.14. The standard InChI is InChI=1S/C12H10BrFN4O3/c13-8-3-10(7(12(20)21)2-9(8)14)18-5-6(1-11(18)19)4-16-17-15/h2-3,6H,1,4-5H2,(H,20,21). The van der Waals surface area contributed by atoms with E-state index in [4.69, 9.17) is 10.6 Å². The number of rotatable bonds is 4. The summed E-state index contributed by atoms with van der Waals surface area (Å²) in [6.07, 6.45) is 0.160. The number of aromatic carboxylic acids is 1. The molecular weight excluding hydrogens is 347 g/mol. The Morgan fingerprint density at radius 3 is 2.95 bits per heavy atom. The van der Waals surface area contributed by atoms with E-state index in [2.05, 4.69) is 26.0 Å². The summed E-state index contributed by atoms with van der Waals surface area (Å²) in [6, 6.07) is 2.14. The van der Waals surface area contributed by atoms with Gasteiger partial charge in [0.2, 0.25) is 5.91 Å². The third-order valence-corrected chi connectivity index (χ3v) is 3.78. The van der Waals surface area contributed by atoms with Crippen molar-refractivity contribution in [1.29, 1.82) is 0 Å². The van der Waals surface area contributed by atoms with Crippen molar-refractivity contribution in [2.24, 2.45) is 11.0 Å². The fourth-order valence-corrected chi connectivity index (χ4v) is 2.55. The van der Waals surface area contributed by atoms with Crippen LogP contribution in [0.5, 0.6) is 0 Å². The lowest BCUT2D eigenvalue weighted by Crippen LogP contribution is -2.27. The van der Waals surface area contributed by atoms with Gasteiger partial charge in [0.05, 0.1) is 15.7 Å². The quantitative estimate of drug-likeness (QED) is 0.509. The van der Waals surface area contributed by atoms with Gasteiger partial charge in [-0.1, -0.05) is 5.11 Å². The summed E-state index contributed by atoms with van der Waals surface area (Å²) in [6.45, 7) is 0.389. The average Bonchev–Trinajstić information content (AvgIpc) is 2.80. The number of amides is 1. The van der Waals surface area contributed by atoms with E-state index < -0.39 is 11.8 Å². The van der Waals surface area contributed by atoms with Gasteiger partial charge in [0, 0.05) is 24.4 Å². The number of nitrogens with zero attached hydrogens (tertiary/aromatic N) is 4. The molecule has 0 aliphatic carbocycles. The van der Waals surface area contributed by atoms with Crippen LogP contribution in [0.3, 0.4) is 0 Å². The molecule has 1 aliphatic rings. The molecule has 1 fully saturated rings. The molecule has 1 heterocycles. The molecular formula is C12H10BrFN4O3. The molecule has 1 aromatic carbocycles. The number of carboxylic acid groups (broad SMARTS) is 1. The lowest BCUT2D eigenvalue weighted by Gasteiger charge is -2.19. The van der Waals surface area contributed by atoms with Crippen molar-refractivity contribution in [2.75, 3.05) is 18.0 Å². The van der Waals surface area contributed by atoms with Crippen LogP contribution < -0.4 is 4.90 Å². The number of anilines is 1. The van der Waals surface area contributed by atoms with E-state index in [0.717, 1.165) is 6.07 Å². The highest BCUT2D eigenvalue weighted by atomic mass is 79.9. The summed E-state index contributed by atoms with van der Waals surface area (Å²) in [7, 11) is 0. The first-order chi connectivity index (χ1) is 9.93. The van der Waals surface area contributed by atoms with Crippen molar-refractivity contribution in [3.8, 4) is 0 Å². The molecule has 0 saturated carbocycles. The number of halogens is 2. The van der Waals surface area contributed by atoms with Crippen LogP contribution in [0.2, 0.25) is 0 Å². The normalized spacial score (nSPS) is 17.7. The Hall–Kier alpha value is -2.12. The van der Waals surface area contributed by atoms with Crippen LogP contribution in [0.15, 0.2) is 21.7 Å². The molecule has 1 atom stereocenters.